The molecule has 0 saturated carbocycles. The molecular weight excluding hydrogens is 1710 g/mol. The number of anilines is 5. The van der Waals surface area contributed by atoms with E-state index in [0.29, 0.717) is 69.8 Å². The fourth-order valence-corrected chi connectivity index (χ4v) is 17.4. The van der Waals surface area contributed by atoms with E-state index in [1.54, 1.807) is 96.7 Å². The Hall–Kier alpha value is -13.2. The average Bonchev–Trinajstić information content (AvgIpc) is 1.56. The number of thiazole rings is 1. The van der Waals surface area contributed by atoms with Gasteiger partial charge in [-0.1, -0.05) is 76.1 Å². The van der Waals surface area contributed by atoms with Crippen molar-refractivity contribution in [1.29, 1.82) is 0 Å². The van der Waals surface area contributed by atoms with E-state index in [0.717, 1.165) is 94.4 Å². The molecular formula is C93H91BrF2N10O15S3. The summed E-state index contributed by atoms with van der Waals surface area (Å²) in [4.78, 5) is 59.0. The van der Waals surface area contributed by atoms with Gasteiger partial charge in [-0.2, -0.15) is 13.9 Å². The topological polar surface area (TPSA) is 312 Å². The molecule has 0 radical (unpaired) electrons. The van der Waals surface area contributed by atoms with E-state index in [2.05, 4.69) is 86.5 Å². The van der Waals surface area contributed by atoms with Crippen LogP contribution in [0.1, 0.15) is 83.2 Å². The van der Waals surface area contributed by atoms with E-state index in [1.807, 2.05) is 142 Å². The molecule has 0 saturated heterocycles. The third kappa shape index (κ3) is 23.9. The van der Waals surface area contributed by atoms with Gasteiger partial charge in [0, 0.05) is 81.0 Å². The molecule has 0 fully saturated rings. The lowest BCUT2D eigenvalue weighted by Gasteiger charge is -2.17. The first-order valence-corrected chi connectivity index (χ1v) is 43.6. The summed E-state index contributed by atoms with van der Waals surface area (Å²) in [6.45, 7) is 7.16. The van der Waals surface area contributed by atoms with Crippen molar-refractivity contribution in [3.05, 3.63) is 290 Å². The van der Waals surface area contributed by atoms with Gasteiger partial charge in [-0.25, -0.2) is 41.8 Å². The summed E-state index contributed by atoms with van der Waals surface area (Å²) in [5.41, 5.74) is 13.7. The number of fused-ring (bicyclic) bond motifs is 5. The van der Waals surface area contributed by atoms with Gasteiger partial charge in [-0.05, 0) is 220 Å². The van der Waals surface area contributed by atoms with E-state index in [1.165, 1.54) is 77.2 Å². The van der Waals surface area contributed by atoms with Crippen molar-refractivity contribution in [2.75, 3.05) is 65.2 Å². The van der Waals surface area contributed by atoms with Crippen molar-refractivity contribution < 1.29 is 77.9 Å². The zero-order chi connectivity index (χ0) is 88.8. The maximum atomic E-state index is 13.0. The Morgan fingerprint density at radius 1 is 0.581 bits per heavy atom. The first kappa shape index (κ1) is 91.5. The van der Waals surface area contributed by atoms with Crippen molar-refractivity contribution in [3.63, 3.8) is 0 Å². The summed E-state index contributed by atoms with van der Waals surface area (Å²) in [5.74, 6) is 5.21. The quantitative estimate of drug-likeness (QED) is 0.0403. The lowest BCUT2D eigenvalue weighted by molar-refractivity contribution is -0.120. The number of ketones is 2. The summed E-state index contributed by atoms with van der Waals surface area (Å²) in [6.07, 6.45) is 6.60. The highest BCUT2D eigenvalue weighted by Crippen LogP contribution is 2.41. The number of carbonyl (C=O) groups excluding carboxylic acids is 3. The van der Waals surface area contributed by atoms with Crippen LogP contribution < -0.4 is 53.8 Å². The van der Waals surface area contributed by atoms with Gasteiger partial charge in [-0.3, -0.25) is 19.1 Å². The SMILES string of the molecule is COc1cc(C)c(CC(=O)COc2ccc(C)c(C)c2)cc1C.COc1ccc(CCCC(=O)c2nn(C)c3c2CS(=O)(=O)c2ccccc2-3)cc1OC.COc1ccc(Nc2ncnc3ccc(Br)cc23)cc1OC.COc1ccc(Nc2ncnc3ccc(C)cc23)cc1.O=C(Nc1ccc(S(=O)(=O)Cc2nccs2)cc1)c1ccccc1OC(F)F. The number of amides is 1. The number of nitrogens with zero attached hydrogens (tertiary/aromatic N) is 7. The number of sulfone groups is 2. The van der Waals surface area contributed by atoms with Gasteiger partial charge >= 0.3 is 6.61 Å². The Bertz CT molecular complexity index is 6370. The minimum absolute atomic E-state index is 0.0656. The number of hydrogen-bond donors (Lipinski definition) is 3. The molecule has 642 valence electrons. The molecule has 31 heteroatoms. The van der Waals surface area contributed by atoms with E-state index in [9.17, 15) is 40.0 Å². The van der Waals surface area contributed by atoms with Gasteiger partial charge in [0.25, 0.3) is 5.91 Å². The molecule has 10 aromatic carbocycles. The predicted octanol–water partition coefficient (Wildman–Crippen LogP) is 19.5. The van der Waals surface area contributed by atoms with Crippen LogP contribution >= 0.6 is 27.3 Å². The second kappa shape index (κ2) is 42.5. The van der Waals surface area contributed by atoms with E-state index in [-0.39, 0.29) is 62.9 Å². The number of nitrogens with one attached hydrogen (secondary N) is 3. The molecule has 25 nitrogen and oxygen atoms in total. The molecule has 3 N–H and O–H groups in total. The Morgan fingerprint density at radius 3 is 1.86 bits per heavy atom. The van der Waals surface area contributed by atoms with Gasteiger partial charge in [-0.15, -0.1) is 11.3 Å². The Labute approximate surface area is 730 Å². The molecule has 0 aliphatic carbocycles. The van der Waals surface area contributed by atoms with Crippen LogP contribution in [0.15, 0.2) is 239 Å². The van der Waals surface area contributed by atoms with Gasteiger partial charge in [0.05, 0.1) is 80.5 Å². The summed E-state index contributed by atoms with van der Waals surface area (Å²) in [5, 5.41) is 17.7. The van der Waals surface area contributed by atoms with Crippen LogP contribution in [0.5, 0.6) is 46.0 Å². The average molecular weight is 1800 g/mol. The normalized spacial score (nSPS) is 11.5. The van der Waals surface area contributed by atoms with Gasteiger partial charge in [0.15, 0.2) is 54.2 Å². The highest BCUT2D eigenvalue weighted by Gasteiger charge is 2.35. The number of carbonyl (C=O) groups is 3. The Kier molecular flexibility index (Phi) is 31.4. The van der Waals surface area contributed by atoms with Crippen LogP contribution in [0.2, 0.25) is 0 Å². The molecule has 0 bridgehead atoms. The Morgan fingerprint density at radius 2 is 1.20 bits per heavy atom. The zero-order valence-electron chi connectivity index (χ0n) is 70.0. The van der Waals surface area contributed by atoms with E-state index >= 15 is 0 Å². The van der Waals surface area contributed by atoms with Gasteiger partial charge < -0.3 is 53.8 Å². The Balaban J connectivity index is 0.000000152. The number of halogens is 3. The van der Waals surface area contributed by atoms with Crippen LogP contribution in [0.4, 0.5) is 37.5 Å². The largest absolute Gasteiger partial charge is 0.497 e. The number of rotatable bonds is 27. The number of alkyl halides is 2. The molecule has 1 aliphatic heterocycles. The van der Waals surface area contributed by atoms with Gasteiger partial charge in [0.2, 0.25) is 0 Å². The fourth-order valence-electron chi connectivity index (χ4n) is 13.2. The molecule has 0 atom stereocenters. The molecule has 5 heterocycles. The second-order valence-corrected chi connectivity index (χ2v) is 34.1. The molecule has 4 aromatic heterocycles. The van der Waals surface area contributed by atoms with Crippen molar-refractivity contribution in [1.82, 2.24) is 34.7 Å². The number of benzene rings is 10. The molecule has 0 unspecified atom stereocenters. The lowest BCUT2D eigenvalue weighted by Crippen LogP contribution is -2.15. The van der Waals surface area contributed by atoms with Crippen molar-refractivity contribution >= 4 is 115 Å². The maximum Gasteiger partial charge on any atom is 0.387 e. The minimum atomic E-state index is -3.57. The van der Waals surface area contributed by atoms with E-state index in [4.69, 9.17) is 33.2 Å². The number of aromatic nitrogens is 7. The monoisotopic (exact) mass is 1800 g/mol. The van der Waals surface area contributed by atoms with Crippen molar-refractivity contribution in [2.45, 2.75) is 88.2 Å². The summed E-state index contributed by atoms with van der Waals surface area (Å²) >= 11 is 4.72. The smallest absolute Gasteiger partial charge is 0.387 e. The zero-order valence-corrected chi connectivity index (χ0v) is 74.0. The van der Waals surface area contributed by atoms with Crippen LogP contribution in [0.3, 0.4) is 0 Å². The second-order valence-electron chi connectivity index (χ2n) is 28.2. The molecule has 124 heavy (non-hydrogen) atoms. The molecule has 1 amide bonds. The predicted molar refractivity (Wildman–Crippen MR) is 480 cm³/mol. The number of Topliss-reactive ketones (excluding diaryl/α,β-unsaturated/α-hetero) is 2. The van der Waals surface area contributed by atoms with Gasteiger partial charge in [0.1, 0.15) is 70.3 Å². The standard InChI is InChI=1S/C23H24N2O5S.C20H24O3.C18H14F2N2O4S2.C16H14BrN3O2.C16H15N3O/c1-25-23-16-8-4-5-10-21(16)31(27,28)14-17(23)22(24-25)18(26)9-6-7-15-11-12-19(29-2)20(13-15)30-3;1-13-6-7-19(9-14(13)2)23-12-18(21)11-17-8-16(4)20(22-5)10-15(17)3;19-18(20)26-15-4-2-1-3-14(15)17(23)22-12-5-7-13(8-6-12)28(24,25)11-16-21-9-10-27-16;1-21-14-6-4-11(8-15(14)22-2)20-16-12-7-10(17)3-5-13(12)18-9-19-16;1-11-3-8-15-14(9-11)16(18-10-17-15)19-12-4-6-13(20-2)7-5-12/h4-5,8,10-13H,6-7,9,14H2,1-3H3;6-10H,11-12H2,1-5H3;1-10,18H,11H2,(H,22,23);3-9H,1-2H3,(H,18,19,20);3-10H,1-2H3,(H,17,18,19). The number of para-hydroxylation sites is 1. The summed E-state index contributed by atoms with van der Waals surface area (Å²) in [6, 6.07) is 59.0. The maximum absolute atomic E-state index is 13.0. The fraction of sp³-hybridized carbons (Fsp3) is 0.215. The molecule has 15 rings (SSSR count). The van der Waals surface area contributed by atoms with Crippen molar-refractivity contribution in [3.8, 4) is 57.3 Å². The van der Waals surface area contributed by atoms with Crippen LogP contribution in [-0.2, 0) is 55.9 Å². The molecule has 14 aromatic rings. The van der Waals surface area contributed by atoms with Crippen molar-refractivity contribution in [2.24, 2.45) is 7.05 Å². The lowest BCUT2D eigenvalue weighted by atomic mass is 10.00. The molecule has 1 aliphatic rings. The van der Waals surface area contributed by atoms with E-state index < -0.39 is 32.2 Å². The summed E-state index contributed by atoms with van der Waals surface area (Å²) < 4.78 is 119. The third-order valence-electron chi connectivity index (χ3n) is 19.7. The first-order valence-electron chi connectivity index (χ1n) is 38.6. The number of methoxy groups -OCH3 is 6. The third-order valence-corrected chi connectivity index (χ3v) is 24.5. The highest BCUT2D eigenvalue weighted by atomic mass is 79.9. The molecule has 0 spiro atoms. The summed E-state index contributed by atoms with van der Waals surface area (Å²) in [7, 11) is 4.37. The number of aryl methyl sites for hydroxylation is 7. The number of hydrogen-bond acceptors (Lipinski definition) is 24. The van der Waals surface area contributed by atoms with Crippen LogP contribution in [0, 0.1) is 34.6 Å². The van der Waals surface area contributed by atoms with Crippen LogP contribution in [-0.4, -0.2) is 125 Å². The number of ether oxygens (including phenoxy) is 8. The highest BCUT2D eigenvalue weighted by molar-refractivity contribution is 9.10. The first-order chi connectivity index (χ1) is 59.6. The van der Waals surface area contributed by atoms with Crippen LogP contribution in [0.25, 0.3) is 33.1 Å². The minimum Gasteiger partial charge on any atom is -0.497 e.